The van der Waals surface area contributed by atoms with Crippen LogP contribution in [0.1, 0.15) is 50.5 Å². The first-order valence-electron chi connectivity index (χ1n) is 11.7. The fourth-order valence-electron chi connectivity index (χ4n) is 5.00. The zero-order valence-corrected chi connectivity index (χ0v) is 20.8. The maximum Gasteiger partial charge on any atom is 0.245 e. The minimum Gasteiger partial charge on any atom is -0.344 e. The zero-order valence-electron chi connectivity index (χ0n) is 19.2. The molecule has 184 valence electrons. The topological polar surface area (TPSA) is 113 Å². The Balaban J connectivity index is 1.73. The highest BCUT2D eigenvalue weighted by molar-refractivity contribution is 7.88. The lowest BCUT2D eigenvalue weighted by Crippen LogP contribution is -2.52. The Morgan fingerprint density at radius 3 is 2.42 bits per heavy atom. The van der Waals surface area contributed by atoms with Gasteiger partial charge in [0.2, 0.25) is 21.8 Å². The van der Waals surface area contributed by atoms with Crippen LogP contribution >= 0.6 is 11.6 Å². The molecular weight excluding hydrogens is 464 g/mol. The third-order valence-corrected chi connectivity index (χ3v) is 8.12. The molecule has 3 rings (SSSR count). The molecule has 1 aromatic carbocycles. The number of halogens is 1. The summed E-state index contributed by atoms with van der Waals surface area (Å²) in [7, 11) is -3.40. The predicted octanol–water partition coefficient (Wildman–Crippen LogP) is 1.91. The number of likely N-dealkylation sites (tertiary alicyclic amines) is 1. The van der Waals surface area contributed by atoms with Crippen LogP contribution in [-0.4, -0.2) is 73.5 Å². The molecule has 10 heteroatoms. The maximum absolute atomic E-state index is 13.4. The molecule has 8 nitrogen and oxygen atoms in total. The summed E-state index contributed by atoms with van der Waals surface area (Å²) in [6.45, 7) is 1.00. The van der Waals surface area contributed by atoms with E-state index >= 15 is 0 Å². The fraction of sp³-hybridized carbons (Fsp3) is 0.652. The Morgan fingerprint density at radius 2 is 1.82 bits per heavy atom. The number of carbonyl (C=O) groups is 2. The van der Waals surface area contributed by atoms with Crippen molar-refractivity contribution in [3.8, 4) is 0 Å². The Labute approximate surface area is 201 Å². The molecule has 2 aliphatic rings. The van der Waals surface area contributed by atoms with Gasteiger partial charge < -0.3 is 16.0 Å². The molecular formula is C23H35ClN4O4S. The third-order valence-electron chi connectivity index (χ3n) is 6.51. The van der Waals surface area contributed by atoms with Gasteiger partial charge in [-0.15, -0.1) is 0 Å². The maximum atomic E-state index is 13.4. The van der Waals surface area contributed by atoms with E-state index in [1.165, 1.54) is 6.26 Å². The quantitative estimate of drug-likeness (QED) is 0.540. The molecule has 1 aromatic rings. The Kier molecular flexibility index (Phi) is 9.15. The van der Waals surface area contributed by atoms with Crippen LogP contribution in [0.5, 0.6) is 0 Å². The second-order valence-corrected chi connectivity index (χ2v) is 11.4. The molecule has 0 radical (unpaired) electrons. The highest BCUT2D eigenvalue weighted by atomic mass is 35.5. The van der Waals surface area contributed by atoms with Crippen LogP contribution in [0, 0.1) is 0 Å². The summed E-state index contributed by atoms with van der Waals surface area (Å²) < 4.78 is 27.0. The van der Waals surface area contributed by atoms with Gasteiger partial charge in [0.1, 0.15) is 6.04 Å². The van der Waals surface area contributed by atoms with E-state index in [4.69, 9.17) is 17.3 Å². The van der Waals surface area contributed by atoms with Crippen LogP contribution in [0.2, 0.25) is 5.02 Å². The highest BCUT2D eigenvalue weighted by Crippen LogP contribution is 2.30. The SMILES string of the molecule is CS(=O)(=O)N(C1CCCCC1)[C@H]1CCN(C(=O)[C@@H](Cc2ccc(Cl)cc2)NC(=O)CCN)C1. The molecule has 0 unspecified atom stereocenters. The van der Waals surface area contributed by atoms with Crippen molar-refractivity contribution >= 4 is 33.4 Å². The summed E-state index contributed by atoms with van der Waals surface area (Å²) in [6.07, 6.45) is 7.26. The second-order valence-electron chi connectivity index (χ2n) is 9.10. The van der Waals surface area contributed by atoms with Crippen molar-refractivity contribution in [2.75, 3.05) is 25.9 Å². The molecule has 0 spiro atoms. The standard InChI is InChI=1S/C23H35ClN4O4S/c1-33(31,32)28(19-5-3-2-4-6-19)20-12-14-27(16-20)23(30)21(26-22(29)11-13-25)15-17-7-9-18(24)10-8-17/h7-10,19-21H,2-6,11-16,25H2,1H3,(H,26,29)/t20-,21+/m0/s1. The number of hydrogen-bond acceptors (Lipinski definition) is 5. The number of benzene rings is 1. The third kappa shape index (κ3) is 7.15. The number of sulfonamides is 1. The van der Waals surface area contributed by atoms with Gasteiger partial charge >= 0.3 is 0 Å². The molecule has 2 atom stereocenters. The number of rotatable bonds is 9. The number of hydrogen-bond donors (Lipinski definition) is 2. The van der Waals surface area contributed by atoms with Crippen molar-refractivity contribution in [3.05, 3.63) is 34.9 Å². The van der Waals surface area contributed by atoms with E-state index in [-0.39, 0.29) is 36.9 Å². The molecule has 1 saturated heterocycles. The first kappa shape index (κ1) is 25.9. The van der Waals surface area contributed by atoms with E-state index in [1.54, 1.807) is 21.3 Å². The molecule has 33 heavy (non-hydrogen) atoms. The van der Waals surface area contributed by atoms with Crippen molar-refractivity contribution in [3.63, 3.8) is 0 Å². The lowest BCUT2D eigenvalue weighted by atomic mass is 9.95. The molecule has 1 saturated carbocycles. The number of carbonyl (C=O) groups excluding carboxylic acids is 2. The highest BCUT2D eigenvalue weighted by Gasteiger charge is 2.40. The van der Waals surface area contributed by atoms with Crippen LogP contribution in [0.4, 0.5) is 0 Å². The minimum atomic E-state index is -3.40. The van der Waals surface area contributed by atoms with Gasteiger partial charge in [-0.3, -0.25) is 9.59 Å². The normalized spacial score (nSPS) is 20.7. The van der Waals surface area contributed by atoms with Gasteiger partial charge in [0.25, 0.3) is 0 Å². The van der Waals surface area contributed by atoms with Gasteiger partial charge in [0, 0.05) is 49.6 Å². The predicted molar refractivity (Wildman–Crippen MR) is 129 cm³/mol. The number of nitrogens with one attached hydrogen (secondary N) is 1. The molecule has 0 aromatic heterocycles. The van der Waals surface area contributed by atoms with E-state index in [0.29, 0.717) is 31.0 Å². The van der Waals surface area contributed by atoms with Crippen LogP contribution in [0.3, 0.4) is 0 Å². The van der Waals surface area contributed by atoms with E-state index in [1.807, 2.05) is 12.1 Å². The monoisotopic (exact) mass is 498 g/mol. The van der Waals surface area contributed by atoms with Crippen LogP contribution < -0.4 is 11.1 Å². The Bertz CT molecular complexity index is 919. The molecule has 0 bridgehead atoms. The molecule has 3 N–H and O–H groups in total. The average molecular weight is 499 g/mol. The summed E-state index contributed by atoms with van der Waals surface area (Å²) in [4.78, 5) is 27.4. The first-order valence-corrected chi connectivity index (χ1v) is 13.9. The van der Waals surface area contributed by atoms with Crippen LogP contribution in [-0.2, 0) is 26.0 Å². The van der Waals surface area contributed by atoms with Crippen LogP contribution in [0.15, 0.2) is 24.3 Å². The van der Waals surface area contributed by atoms with Crippen molar-refractivity contribution in [1.29, 1.82) is 0 Å². The number of nitrogens with two attached hydrogens (primary N) is 1. The molecule has 2 amide bonds. The van der Waals surface area contributed by atoms with Crippen molar-refractivity contribution in [2.24, 2.45) is 5.73 Å². The Morgan fingerprint density at radius 1 is 1.15 bits per heavy atom. The van der Waals surface area contributed by atoms with Crippen molar-refractivity contribution < 1.29 is 18.0 Å². The summed E-state index contributed by atoms with van der Waals surface area (Å²) in [5, 5.41) is 3.42. The smallest absolute Gasteiger partial charge is 0.245 e. The van der Waals surface area contributed by atoms with Gasteiger partial charge in [0.05, 0.1) is 6.26 Å². The fourth-order valence-corrected chi connectivity index (χ4v) is 6.59. The summed E-state index contributed by atoms with van der Waals surface area (Å²) in [5.41, 5.74) is 6.38. The van der Waals surface area contributed by atoms with E-state index < -0.39 is 16.1 Å². The van der Waals surface area contributed by atoms with E-state index in [2.05, 4.69) is 5.32 Å². The van der Waals surface area contributed by atoms with Crippen LogP contribution in [0.25, 0.3) is 0 Å². The second kappa shape index (κ2) is 11.6. The number of nitrogens with zero attached hydrogens (tertiary/aromatic N) is 2. The first-order chi connectivity index (χ1) is 15.7. The molecule has 2 fully saturated rings. The molecule has 1 aliphatic heterocycles. The van der Waals surface area contributed by atoms with Gasteiger partial charge in [0.15, 0.2) is 0 Å². The summed E-state index contributed by atoms with van der Waals surface area (Å²) in [6, 6.07) is 6.19. The van der Waals surface area contributed by atoms with Crippen molar-refractivity contribution in [2.45, 2.75) is 69.5 Å². The van der Waals surface area contributed by atoms with Gasteiger partial charge in [-0.2, -0.15) is 4.31 Å². The zero-order chi connectivity index (χ0) is 24.0. The van der Waals surface area contributed by atoms with E-state index in [0.717, 1.165) is 37.7 Å². The Hall–Kier alpha value is -1.68. The lowest BCUT2D eigenvalue weighted by molar-refractivity contribution is -0.135. The van der Waals surface area contributed by atoms with E-state index in [9.17, 15) is 18.0 Å². The largest absolute Gasteiger partial charge is 0.344 e. The average Bonchev–Trinajstić information content (AvgIpc) is 3.23. The van der Waals surface area contributed by atoms with Gasteiger partial charge in [-0.25, -0.2) is 8.42 Å². The van der Waals surface area contributed by atoms with Gasteiger partial charge in [-0.1, -0.05) is 43.0 Å². The van der Waals surface area contributed by atoms with Gasteiger partial charge in [-0.05, 0) is 37.0 Å². The van der Waals surface area contributed by atoms with Crippen molar-refractivity contribution in [1.82, 2.24) is 14.5 Å². The summed E-state index contributed by atoms with van der Waals surface area (Å²) >= 11 is 5.97. The lowest BCUT2D eigenvalue weighted by Gasteiger charge is -2.36. The minimum absolute atomic E-state index is 0.00271. The number of amides is 2. The molecule has 1 aliphatic carbocycles. The molecule has 1 heterocycles. The summed E-state index contributed by atoms with van der Waals surface area (Å²) in [5.74, 6) is -0.476.